The predicted octanol–water partition coefficient (Wildman–Crippen LogP) is 4.90. The molecule has 0 aromatic heterocycles. The van der Waals surface area contributed by atoms with E-state index < -0.39 is 43.1 Å². The topological polar surface area (TPSA) is 149 Å². The highest BCUT2D eigenvalue weighted by Gasteiger charge is 2.34. The summed E-state index contributed by atoms with van der Waals surface area (Å²) in [6, 6.07) is 22.2. The van der Waals surface area contributed by atoms with Crippen LogP contribution in [0.25, 0.3) is 0 Å². The van der Waals surface area contributed by atoms with E-state index in [2.05, 4.69) is 0 Å². The summed E-state index contributed by atoms with van der Waals surface area (Å²) in [5.74, 6) is -4.17. The molecule has 9 heteroatoms. The van der Waals surface area contributed by atoms with Gasteiger partial charge < -0.3 is 20.4 Å². The molecule has 0 unspecified atom stereocenters. The minimum Gasteiger partial charge on any atom is -0.507 e. The van der Waals surface area contributed by atoms with Gasteiger partial charge in [0.1, 0.15) is 21.3 Å². The molecule has 0 aliphatic heterocycles. The van der Waals surface area contributed by atoms with Crippen molar-refractivity contribution in [3.8, 4) is 11.5 Å². The highest BCUT2D eigenvalue weighted by molar-refractivity contribution is 7.91. The number of rotatable bonds is 10. The van der Waals surface area contributed by atoms with Crippen molar-refractivity contribution in [2.45, 2.75) is 35.5 Å². The monoisotopic (exact) mass is 546 g/mol. The Morgan fingerprint density at radius 1 is 0.538 bits per heavy atom. The molecule has 4 rings (SSSR count). The molecule has 0 atom stereocenters. The number of phenolic OH excluding ortho intramolecular Hbond substituents is 2. The molecule has 200 valence electrons. The number of carboxylic acids is 2. The van der Waals surface area contributed by atoms with Crippen molar-refractivity contribution < 1.29 is 38.4 Å². The summed E-state index contributed by atoms with van der Waals surface area (Å²) in [5, 5.41) is 41.3. The lowest BCUT2D eigenvalue weighted by atomic mass is 9.99. The van der Waals surface area contributed by atoms with E-state index in [4.69, 9.17) is 0 Å². The van der Waals surface area contributed by atoms with E-state index in [9.17, 15) is 38.4 Å². The van der Waals surface area contributed by atoms with Crippen molar-refractivity contribution in [1.29, 1.82) is 0 Å². The zero-order chi connectivity index (χ0) is 28.2. The number of sulfone groups is 1. The van der Waals surface area contributed by atoms with Crippen LogP contribution in [0.3, 0.4) is 0 Å². The van der Waals surface area contributed by atoms with Gasteiger partial charge in [0.25, 0.3) is 0 Å². The molecule has 0 spiro atoms. The number of hydrogen-bond acceptors (Lipinski definition) is 6. The number of aromatic carboxylic acids is 2. The molecule has 0 fully saturated rings. The smallest absolute Gasteiger partial charge is 0.336 e. The maximum atomic E-state index is 14.2. The summed E-state index contributed by atoms with van der Waals surface area (Å²) >= 11 is 0. The lowest BCUT2D eigenvalue weighted by Crippen LogP contribution is -2.16. The molecule has 0 saturated carbocycles. The quantitative estimate of drug-likeness (QED) is 0.219. The fraction of sp³-hybridized carbons (Fsp3) is 0.133. The lowest BCUT2D eigenvalue weighted by molar-refractivity contribution is 0.0684. The first-order valence-corrected chi connectivity index (χ1v) is 13.6. The van der Waals surface area contributed by atoms with Crippen LogP contribution in [0, 0.1) is 0 Å². The highest BCUT2D eigenvalue weighted by Crippen LogP contribution is 2.40. The molecule has 0 aliphatic rings. The molecule has 0 aliphatic carbocycles. The summed E-state index contributed by atoms with van der Waals surface area (Å²) < 4.78 is 28.4. The number of phenols is 2. The van der Waals surface area contributed by atoms with E-state index >= 15 is 0 Å². The van der Waals surface area contributed by atoms with E-state index in [0.717, 1.165) is 35.4 Å². The Bertz CT molecular complexity index is 1510. The first-order valence-electron chi connectivity index (χ1n) is 12.1. The van der Waals surface area contributed by atoms with Crippen molar-refractivity contribution in [3.63, 3.8) is 0 Å². The van der Waals surface area contributed by atoms with Crippen LogP contribution in [-0.4, -0.2) is 40.8 Å². The Morgan fingerprint density at radius 3 is 1.23 bits per heavy atom. The molecule has 4 aromatic rings. The third-order valence-electron chi connectivity index (χ3n) is 6.49. The molecule has 4 N–H and O–H groups in total. The highest BCUT2D eigenvalue weighted by atomic mass is 32.2. The van der Waals surface area contributed by atoms with Crippen LogP contribution in [0.15, 0.2) is 94.7 Å². The van der Waals surface area contributed by atoms with Crippen LogP contribution < -0.4 is 0 Å². The first kappa shape index (κ1) is 27.4. The predicted molar refractivity (Wildman–Crippen MR) is 143 cm³/mol. The number of aryl methyl sites for hydroxylation is 2. The van der Waals surface area contributed by atoms with Crippen LogP contribution in [-0.2, 0) is 35.5 Å². The minimum absolute atomic E-state index is 0.0483. The number of carboxylic acid groups (broad SMARTS) is 2. The van der Waals surface area contributed by atoms with Crippen LogP contribution >= 0.6 is 0 Å². The molecule has 0 saturated heterocycles. The van der Waals surface area contributed by atoms with E-state index in [1.54, 1.807) is 48.5 Å². The van der Waals surface area contributed by atoms with Crippen molar-refractivity contribution in [2.75, 3.05) is 0 Å². The molecular weight excluding hydrogens is 520 g/mol. The van der Waals surface area contributed by atoms with Gasteiger partial charge in [-0.2, -0.15) is 0 Å². The maximum absolute atomic E-state index is 14.2. The van der Waals surface area contributed by atoms with E-state index in [1.165, 1.54) is 0 Å². The lowest BCUT2D eigenvalue weighted by Gasteiger charge is -2.19. The molecule has 0 heterocycles. The van der Waals surface area contributed by atoms with Gasteiger partial charge >= 0.3 is 11.9 Å². The number of benzene rings is 4. The van der Waals surface area contributed by atoms with Gasteiger partial charge in [-0.25, -0.2) is 18.0 Å². The standard InChI is InChI=1S/C30H26O8S/c31-25-17-15-23(29(33)34)21(13-11-19-7-3-1-4-8-19)27(25)39(37,38)28-22(14-12-20-9-5-2-6-10-20)24(30(35)36)16-18-26(28)32/h1-10,15-18,31-32H,11-14H2,(H,33,34)(H,35,36). The molecule has 4 aromatic carbocycles. The molecule has 39 heavy (non-hydrogen) atoms. The van der Waals surface area contributed by atoms with Crippen LogP contribution in [0.2, 0.25) is 0 Å². The summed E-state index contributed by atoms with van der Waals surface area (Å²) in [7, 11) is -4.81. The Morgan fingerprint density at radius 2 is 0.897 bits per heavy atom. The summed E-state index contributed by atoms with van der Waals surface area (Å²) in [4.78, 5) is 22.8. The number of aromatic hydroxyl groups is 2. The van der Waals surface area contributed by atoms with Crippen molar-refractivity contribution in [1.82, 2.24) is 0 Å². The fourth-order valence-electron chi connectivity index (χ4n) is 4.66. The molecule has 0 amide bonds. The zero-order valence-corrected chi connectivity index (χ0v) is 21.6. The van der Waals surface area contributed by atoms with Gasteiger partial charge in [0, 0.05) is 0 Å². The van der Waals surface area contributed by atoms with Gasteiger partial charge in [0.2, 0.25) is 9.84 Å². The van der Waals surface area contributed by atoms with Gasteiger partial charge in [-0.1, -0.05) is 60.7 Å². The second-order valence-electron chi connectivity index (χ2n) is 8.96. The largest absolute Gasteiger partial charge is 0.507 e. The maximum Gasteiger partial charge on any atom is 0.336 e. The van der Waals surface area contributed by atoms with Gasteiger partial charge in [0.15, 0.2) is 0 Å². The Hall–Kier alpha value is -4.63. The van der Waals surface area contributed by atoms with Gasteiger partial charge in [-0.15, -0.1) is 0 Å². The average molecular weight is 547 g/mol. The van der Waals surface area contributed by atoms with Crippen molar-refractivity contribution in [3.05, 3.63) is 118 Å². The Labute approximate surface area is 225 Å². The molecule has 0 bridgehead atoms. The average Bonchev–Trinajstić information content (AvgIpc) is 2.91. The van der Waals surface area contributed by atoms with Gasteiger partial charge in [-0.3, -0.25) is 0 Å². The van der Waals surface area contributed by atoms with Crippen LogP contribution in [0.1, 0.15) is 43.0 Å². The minimum atomic E-state index is -4.81. The van der Waals surface area contributed by atoms with E-state index in [0.29, 0.717) is 0 Å². The normalized spacial score (nSPS) is 11.3. The van der Waals surface area contributed by atoms with Crippen LogP contribution in [0.5, 0.6) is 11.5 Å². The zero-order valence-electron chi connectivity index (χ0n) is 20.7. The number of hydrogen-bond donors (Lipinski definition) is 4. The second-order valence-corrected chi connectivity index (χ2v) is 10.8. The fourth-order valence-corrected chi connectivity index (χ4v) is 6.62. The third-order valence-corrected chi connectivity index (χ3v) is 8.48. The number of carbonyl (C=O) groups is 2. The molecule has 0 radical (unpaired) electrons. The van der Waals surface area contributed by atoms with E-state index in [-0.39, 0.29) is 47.9 Å². The third kappa shape index (κ3) is 5.78. The Kier molecular flexibility index (Phi) is 8.01. The molecular formula is C30H26O8S. The summed E-state index contributed by atoms with van der Waals surface area (Å²) in [5.41, 5.74) is 0.727. The van der Waals surface area contributed by atoms with E-state index in [1.807, 2.05) is 12.1 Å². The Balaban J connectivity index is 1.91. The van der Waals surface area contributed by atoms with Crippen molar-refractivity contribution >= 4 is 21.8 Å². The van der Waals surface area contributed by atoms with Gasteiger partial charge in [-0.05, 0) is 72.2 Å². The first-order chi connectivity index (χ1) is 18.6. The van der Waals surface area contributed by atoms with Crippen molar-refractivity contribution in [2.24, 2.45) is 0 Å². The summed E-state index contributed by atoms with van der Waals surface area (Å²) in [6.45, 7) is 0. The SMILES string of the molecule is O=C(O)c1ccc(O)c(S(=O)(=O)c2c(O)ccc(C(=O)O)c2CCc2ccccc2)c1CCc1ccccc1. The molecule has 8 nitrogen and oxygen atoms in total. The summed E-state index contributed by atoms with van der Waals surface area (Å²) in [6.07, 6.45) is 0.449. The van der Waals surface area contributed by atoms with Gasteiger partial charge in [0.05, 0.1) is 11.1 Å². The second kappa shape index (κ2) is 11.4. The van der Waals surface area contributed by atoms with Crippen LogP contribution in [0.4, 0.5) is 0 Å².